The van der Waals surface area contributed by atoms with E-state index in [1.807, 2.05) is 0 Å². The Hall–Kier alpha value is -2.94. The van der Waals surface area contributed by atoms with E-state index in [4.69, 9.17) is 0 Å². The number of alkyl halides is 3. The highest BCUT2D eigenvalue weighted by atomic mass is 19.4. The Bertz CT molecular complexity index is 1100. The molecule has 0 radical (unpaired) electrons. The second-order valence-electron chi connectivity index (χ2n) is 8.32. The van der Waals surface area contributed by atoms with Gasteiger partial charge in [0.15, 0.2) is 5.78 Å². The topological polar surface area (TPSA) is 59.7 Å². The Morgan fingerprint density at radius 3 is 2.58 bits per heavy atom. The number of rotatable bonds is 5. The average Bonchev–Trinajstić information content (AvgIpc) is 3.40. The molecule has 9 heteroatoms. The molecule has 3 atom stereocenters. The van der Waals surface area contributed by atoms with E-state index in [1.54, 1.807) is 47.3 Å². The Morgan fingerprint density at radius 1 is 1.10 bits per heavy atom. The largest absolute Gasteiger partial charge is 0.573 e. The maximum Gasteiger partial charge on any atom is 0.573 e. The van der Waals surface area contributed by atoms with Gasteiger partial charge in [0.2, 0.25) is 5.78 Å². The normalized spacial score (nSPS) is 23.9. The minimum atomic E-state index is -4.70. The van der Waals surface area contributed by atoms with Crippen LogP contribution in [0.15, 0.2) is 48.9 Å². The number of benzene rings is 1. The smallest absolute Gasteiger partial charge is 0.405 e. The number of likely N-dealkylation sites (tertiary alicyclic amines) is 1. The predicted octanol–water partition coefficient (Wildman–Crippen LogP) is 3.94. The number of carbonyl (C=O) groups is 1. The van der Waals surface area contributed by atoms with Crippen molar-refractivity contribution in [2.24, 2.45) is 11.8 Å². The lowest BCUT2D eigenvalue weighted by Crippen LogP contribution is -2.29. The molecule has 6 nitrogen and oxygen atoms in total. The zero-order valence-electron chi connectivity index (χ0n) is 16.6. The molecule has 1 aromatic carbocycles. The van der Waals surface area contributed by atoms with Crippen molar-refractivity contribution in [2.75, 3.05) is 19.6 Å². The number of hydrogen-bond donors (Lipinski definition) is 0. The molecule has 1 aliphatic heterocycles. The minimum Gasteiger partial charge on any atom is -0.405 e. The molecule has 1 saturated heterocycles. The van der Waals surface area contributed by atoms with Gasteiger partial charge in [-0.3, -0.25) is 14.1 Å². The molecule has 162 valence electrons. The first-order chi connectivity index (χ1) is 14.9. The van der Waals surface area contributed by atoms with Gasteiger partial charge in [0.05, 0.1) is 12.7 Å². The molecule has 5 rings (SSSR count). The molecule has 2 fully saturated rings. The fourth-order valence-corrected chi connectivity index (χ4v) is 5.13. The zero-order chi connectivity index (χ0) is 21.6. The fraction of sp³-hybridized carbons (Fsp3) is 0.409. The van der Waals surface area contributed by atoms with Crippen LogP contribution >= 0.6 is 0 Å². The molecule has 1 unspecified atom stereocenters. The van der Waals surface area contributed by atoms with Gasteiger partial charge in [0.1, 0.15) is 11.4 Å². The molecule has 0 bridgehead atoms. The third-order valence-electron chi connectivity index (χ3n) is 6.35. The predicted molar refractivity (Wildman–Crippen MR) is 106 cm³/mol. The number of para-hydroxylation sites is 1. The molecule has 1 saturated carbocycles. The van der Waals surface area contributed by atoms with Gasteiger partial charge in [-0.2, -0.15) is 0 Å². The van der Waals surface area contributed by atoms with Gasteiger partial charge >= 0.3 is 6.36 Å². The van der Waals surface area contributed by atoms with Crippen LogP contribution in [-0.4, -0.2) is 51.0 Å². The first kappa shape index (κ1) is 20.0. The number of aromatic nitrogens is 3. The summed E-state index contributed by atoms with van der Waals surface area (Å²) in [5.41, 5.74) is 1.13. The SMILES string of the molecule is O=C(CN1C[C@H]2CC(c3ccccc3OC(F)(F)F)C[C@H]2C1)c1cnc2ncccn12. The van der Waals surface area contributed by atoms with Gasteiger partial charge in [-0.1, -0.05) is 18.2 Å². The van der Waals surface area contributed by atoms with Crippen molar-refractivity contribution >= 4 is 11.6 Å². The number of ether oxygens (including phenoxy) is 1. The summed E-state index contributed by atoms with van der Waals surface area (Å²) in [6, 6.07) is 8.18. The molecule has 3 aromatic rings. The Labute approximate surface area is 176 Å². The summed E-state index contributed by atoms with van der Waals surface area (Å²) in [4.78, 5) is 23.2. The fourth-order valence-electron chi connectivity index (χ4n) is 5.13. The van der Waals surface area contributed by atoms with Crippen LogP contribution < -0.4 is 4.74 Å². The van der Waals surface area contributed by atoms with Gasteiger partial charge < -0.3 is 4.74 Å². The van der Waals surface area contributed by atoms with Crippen molar-refractivity contribution < 1.29 is 22.7 Å². The molecule has 0 spiro atoms. The summed E-state index contributed by atoms with van der Waals surface area (Å²) in [6.45, 7) is 1.84. The average molecular weight is 430 g/mol. The lowest BCUT2D eigenvalue weighted by Gasteiger charge is -2.20. The molecular formula is C22H21F3N4O2. The van der Waals surface area contributed by atoms with Gasteiger partial charge in [-0.05, 0) is 48.3 Å². The number of imidazole rings is 1. The van der Waals surface area contributed by atoms with Gasteiger partial charge in [0, 0.05) is 25.5 Å². The second kappa shape index (κ2) is 7.64. The highest BCUT2D eigenvalue weighted by Crippen LogP contribution is 2.48. The van der Waals surface area contributed by atoms with Crippen molar-refractivity contribution in [1.82, 2.24) is 19.3 Å². The molecule has 3 heterocycles. The van der Waals surface area contributed by atoms with Gasteiger partial charge in [-0.15, -0.1) is 13.2 Å². The third-order valence-corrected chi connectivity index (χ3v) is 6.35. The molecule has 1 aliphatic carbocycles. The molecule has 0 N–H and O–H groups in total. The van der Waals surface area contributed by atoms with E-state index in [0.29, 0.717) is 35.4 Å². The van der Waals surface area contributed by atoms with E-state index in [0.717, 1.165) is 25.9 Å². The number of carbonyl (C=O) groups excluding carboxylic acids is 1. The van der Waals surface area contributed by atoms with Crippen LogP contribution in [-0.2, 0) is 0 Å². The van der Waals surface area contributed by atoms with Crippen LogP contribution in [0.2, 0.25) is 0 Å². The van der Waals surface area contributed by atoms with Crippen LogP contribution in [0.4, 0.5) is 13.2 Å². The van der Waals surface area contributed by atoms with Gasteiger partial charge in [0.25, 0.3) is 0 Å². The Balaban J connectivity index is 1.23. The van der Waals surface area contributed by atoms with Crippen molar-refractivity contribution in [1.29, 1.82) is 0 Å². The highest BCUT2D eigenvalue weighted by molar-refractivity contribution is 5.96. The Morgan fingerprint density at radius 2 is 1.84 bits per heavy atom. The molecular weight excluding hydrogens is 409 g/mol. The molecule has 31 heavy (non-hydrogen) atoms. The lowest BCUT2D eigenvalue weighted by atomic mass is 9.95. The van der Waals surface area contributed by atoms with E-state index in [9.17, 15) is 18.0 Å². The standard InChI is InChI=1S/C22H21F3N4O2/c23-22(24,25)31-20-5-2-1-4-17(20)14-8-15-11-28(12-16(15)9-14)13-19(30)18-10-27-21-26-6-3-7-29(18)21/h1-7,10,14-16H,8-9,11-13H2/t14?,15-,16+. The van der Waals surface area contributed by atoms with Crippen molar-refractivity contribution in [2.45, 2.75) is 25.1 Å². The number of ketones is 1. The summed E-state index contributed by atoms with van der Waals surface area (Å²) < 4.78 is 44.2. The van der Waals surface area contributed by atoms with Crippen LogP contribution in [0.25, 0.3) is 5.78 Å². The Kier molecular flexibility index (Phi) is 4.92. The first-order valence-electron chi connectivity index (χ1n) is 10.3. The number of Topliss-reactive ketones (excluding diaryl/α,β-unsaturated/α-hetero) is 1. The van der Waals surface area contributed by atoms with E-state index in [1.165, 1.54) is 6.07 Å². The maximum absolute atomic E-state index is 12.8. The van der Waals surface area contributed by atoms with E-state index in [2.05, 4.69) is 19.6 Å². The van der Waals surface area contributed by atoms with Crippen molar-refractivity contribution in [3.05, 3.63) is 60.2 Å². The quantitative estimate of drug-likeness (QED) is 0.574. The van der Waals surface area contributed by atoms with E-state index >= 15 is 0 Å². The number of hydrogen-bond acceptors (Lipinski definition) is 5. The second-order valence-corrected chi connectivity index (χ2v) is 8.32. The number of halogens is 3. The summed E-state index contributed by atoms with van der Waals surface area (Å²) in [7, 11) is 0. The monoisotopic (exact) mass is 430 g/mol. The van der Waals surface area contributed by atoms with Crippen LogP contribution in [0.1, 0.15) is 34.8 Å². The van der Waals surface area contributed by atoms with Crippen LogP contribution in [0.3, 0.4) is 0 Å². The summed E-state index contributed by atoms with van der Waals surface area (Å²) in [5.74, 6) is 1.14. The van der Waals surface area contributed by atoms with Gasteiger partial charge in [-0.25, -0.2) is 9.97 Å². The summed E-state index contributed by atoms with van der Waals surface area (Å²) in [6.07, 6.45) is 1.85. The van der Waals surface area contributed by atoms with E-state index < -0.39 is 6.36 Å². The minimum absolute atomic E-state index is 0.0130. The highest BCUT2D eigenvalue weighted by Gasteiger charge is 2.43. The first-order valence-corrected chi connectivity index (χ1v) is 10.3. The number of nitrogens with zero attached hydrogens (tertiary/aromatic N) is 4. The third kappa shape index (κ3) is 4.01. The molecule has 2 aliphatic rings. The van der Waals surface area contributed by atoms with Crippen molar-refractivity contribution in [3.8, 4) is 5.75 Å². The zero-order valence-corrected chi connectivity index (χ0v) is 16.6. The van der Waals surface area contributed by atoms with E-state index in [-0.39, 0.29) is 17.5 Å². The van der Waals surface area contributed by atoms with Crippen molar-refractivity contribution in [3.63, 3.8) is 0 Å². The maximum atomic E-state index is 12.8. The molecule has 2 aromatic heterocycles. The molecule has 0 amide bonds. The summed E-state index contributed by atoms with van der Waals surface area (Å²) in [5, 5.41) is 0. The summed E-state index contributed by atoms with van der Waals surface area (Å²) >= 11 is 0. The van der Waals surface area contributed by atoms with Crippen LogP contribution in [0.5, 0.6) is 5.75 Å². The van der Waals surface area contributed by atoms with Crippen LogP contribution in [0, 0.1) is 11.8 Å². The number of fused-ring (bicyclic) bond motifs is 2. The lowest BCUT2D eigenvalue weighted by molar-refractivity contribution is -0.275.